The first-order valence-electron chi connectivity index (χ1n) is 38.6. The number of hydrogen-bond acceptors (Lipinski definition) is 48. The largest absolute Gasteiger partial charge is 0.477 e. The molecule has 0 spiro atoms. The molecule has 0 aliphatic carbocycles. The highest BCUT2D eigenvalue weighted by Gasteiger charge is 2.65. The molecule has 0 radical (unpaired) electrons. The summed E-state index contributed by atoms with van der Waals surface area (Å²) in [5.41, 5.74) is 0. The Labute approximate surface area is 690 Å². The Morgan fingerprint density at radius 2 is 0.680 bits per heavy atom. The predicted molar refractivity (Wildman–Crippen MR) is 375 cm³/mol. The van der Waals surface area contributed by atoms with E-state index < -0.39 is 382 Å². The summed E-state index contributed by atoms with van der Waals surface area (Å²) >= 11 is 0. The van der Waals surface area contributed by atoms with Crippen LogP contribution in [0.2, 0.25) is 0 Å². The topological polar surface area (TPSA) is 854 Å². The summed E-state index contributed by atoms with van der Waals surface area (Å²) in [6.45, 7) is -2.80. The van der Waals surface area contributed by atoms with Gasteiger partial charge in [0.15, 0.2) is 44.0 Å². The van der Waals surface area contributed by atoms with Gasteiger partial charge in [0.05, 0.1) is 82.7 Å². The van der Waals surface area contributed by atoms with Crippen LogP contribution < -0.4 is 21.3 Å². The number of aliphatic carboxylic acids is 2. The van der Waals surface area contributed by atoms with Crippen LogP contribution in [-0.2, 0) is 109 Å². The van der Waals surface area contributed by atoms with E-state index in [9.17, 15) is 167 Å². The summed E-state index contributed by atoms with van der Waals surface area (Å²) in [5.74, 6) is -15.0. The summed E-state index contributed by atoms with van der Waals surface area (Å²) < 4.78 is 102. The van der Waals surface area contributed by atoms with Gasteiger partial charge in [0.1, 0.15) is 195 Å². The first-order valence-corrected chi connectivity index (χ1v) is 38.6. The van der Waals surface area contributed by atoms with Crippen molar-refractivity contribution in [2.45, 2.75) is 342 Å². The van der Waals surface area contributed by atoms with E-state index in [2.05, 4.69) is 21.3 Å². The van der Waals surface area contributed by atoms with Crippen molar-refractivity contribution in [2.24, 2.45) is 0 Å². The maximum absolute atomic E-state index is 13.6. The molecule has 9 aliphatic rings. The normalized spacial score (nSPS) is 46.9. The lowest BCUT2D eigenvalue weighted by Gasteiger charge is -2.52. The number of rotatable bonds is 33. The van der Waals surface area contributed by atoms with Crippen molar-refractivity contribution >= 4 is 35.6 Å². The lowest BCUT2D eigenvalue weighted by molar-refractivity contribution is -0.398. The molecule has 9 fully saturated rings. The molecule has 0 aromatic rings. The zero-order chi connectivity index (χ0) is 90.7. The van der Waals surface area contributed by atoms with Crippen molar-refractivity contribution in [3.05, 3.63) is 0 Å². The second kappa shape index (κ2) is 42.6. The third-order valence-electron chi connectivity index (χ3n) is 22.2. The predicted octanol–water partition coefficient (Wildman–Crippen LogP) is -19.6. The number of hydrogen-bond donors (Lipinski definition) is 31. The minimum Gasteiger partial charge on any atom is -0.477 e. The van der Waals surface area contributed by atoms with E-state index in [1.807, 2.05) is 0 Å². The SMILES string of the molecule is CC(=O)N[C@H]1[C@H](OC[C@H]2OC(O)[C@H](O)[C@@H](O)[C@H]2O[C@@H]2O[C@H](CO)[C@@H](O[C@@H]3O[C@H](CO)[C@H](O)[C@H](O[C@]4(C(=O)O)C[C@H](O)[C@@H](NC(C)=O)[C@H]([C@H](O)[C@H](O)CO)O4)[C@H]3O)[C@H](O[C@@H]3O[C@@H](C)[C@@H](O)[C@@H](O)[C@@H]3O)[C@H]2NC(C)=O)O[C@H](CO)[C@@H](O[C@@H]2O[C@H](CO)[C@H](O)[C@H](O[C@]3(C(=O)O)C[C@H](O)[C@@H](NC(C)=O)[C@H]([C@H](O)[C@H](O)CO)O3)[C@H]2O)[C@@H]1O[C@@H]1O[C@@H](C)[C@@H](O)[C@@H](O)[C@@H]1O. The minimum atomic E-state index is -3.36. The van der Waals surface area contributed by atoms with Gasteiger partial charge >= 0.3 is 11.9 Å². The summed E-state index contributed by atoms with van der Waals surface area (Å²) in [5, 5.41) is 310. The van der Waals surface area contributed by atoms with Crippen LogP contribution in [0.15, 0.2) is 0 Å². The first kappa shape index (κ1) is 101. The van der Waals surface area contributed by atoms with E-state index in [1.54, 1.807) is 0 Å². The highest BCUT2D eigenvalue weighted by molar-refractivity contribution is 5.78. The molecule has 704 valence electrons. The zero-order valence-corrected chi connectivity index (χ0v) is 65.8. The molecule has 0 bridgehead atoms. The molecule has 122 heavy (non-hydrogen) atoms. The molecule has 47 atom stereocenters. The Balaban J connectivity index is 1.06. The number of aliphatic hydroxyl groups is 25. The molecule has 0 saturated carbocycles. The van der Waals surface area contributed by atoms with Crippen molar-refractivity contribution in [2.75, 3.05) is 46.2 Å². The van der Waals surface area contributed by atoms with Gasteiger partial charge in [0, 0.05) is 40.5 Å². The quantitative estimate of drug-likeness (QED) is 0.0290. The van der Waals surface area contributed by atoms with E-state index in [1.165, 1.54) is 13.8 Å². The summed E-state index contributed by atoms with van der Waals surface area (Å²) in [6, 6.07) is -7.75. The number of nitrogens with one attached hydrogen (secondary N) is 4. The first-order chi connectivity index (χ1) is 57.3. The summed E-state index contributed by atoms with van der Waals surface area (Å²) in [7, 11) is 0. The second-order valence-electron chi connectivity index (χ2n) is 31.0. The lowest BCUT2D eigenvalue weighted by atomic mass is 9.88. The van der Waals surface area contributed by atoms with Crippen LogP contribution in [0.1, 0.15) is 54.4 Å². The van der Waals surface area contributed by atoms with Crippen molar-refractivity contribution in [3.63, 3.8) is 0 Å². The average Bonchev–Trinajstić information content (AvgIpc) is 0.733. The second-order valence-corrected chi connectivity index (χ2v) is 31.0. The third-order valence-corrected chi connectivity index (χ3v) is 22.2. The molecule has 0 aromatic heterocycles. The van der Waals surface area contributed by atoms with Crippen LogP contribution in [-0.4, -0.2) is 507 Å². The lowest BCUT2D eigenvalue weighted by Crippen LogP contribution is -2.72. The highest BCUT2D eigenvalue weighted by Crippen LogP contribution is 2.44. The molecule has 4 amide bonds. The Morgan fingerprint density at radius 3 is 1.03 bits per heavy atom. The molecule has 1 unspecified atom stereocenters. The summed E-state index contributed by atoms with van der Waals surface area (Å²) in [4.78, 5) is 78.7. The molecule has 9 aliphatic heterocycles. The number of aliphatic hydroxyl groups excluding tert-OH is 25. The zero-order valence-electron chi connectivity index (χ0n) is 65.8. The van der Waals surface area contributed by atoms with Crippen molar-refractivity contribution in [1.82, 2.24) is 21.3 Å². The Bertz CT molecular complexity index is 3410. The molecular weight excluding hydrogens is 1670 g/mol. The number of carbonyl (C=O) groups excluding carboxylic acids is 4. The fourth-order valence-electron chi connectivity index (χ4n) is 15.8. The molecule has 31 N–H and O–H groups in total. The van der Waals surface area contributed by atoms with Gasteiger partial charge in [-0.1, -0.05) is 0 Å². The monoisotopic (exact) mass is 1780 g/mol. The number of carbonyl (C=O) groups is 6. The van der Waals surface area contributed by atoms with Crippen LogP contribution in [0.5, 0.6) is 0 Å². The van der Waals surface area contributed by atoms with Crippen molar-refractivity contribution < 1.29 is 247 Å². The Hall–Kier alpha value is -4.86. The molecule has 9 saturated heterocycles. The van der Waals surface area contributed by atoms with E-state index in [0.717, 1.165) is 27.7 Å². The molecule has 54 nitrogen and oxygen atoms in total. The highest BCUT2D eigenvalue weighted by atomic mass is 16.8. The smallest absolute Gasteiger partial charge is 0.364 e. The van der Waals surface area contributed by atoms with E-state index in [-0.39, 0.29) is 0 Å². The van der Waals surface area contributed by atoms with Gasteiger partial charge in [-0.15, -0.1) is 0 Å². The Morgan fingerprint density at radius 1 is 0.352 bits per heavy atom. The average molecular weight is 1790 g/mol. The van der Waals surface area contributed by atoms with Crippen LogP contribution in [0.3, 0.4) is 0 Å². The van der Waals surface area contributed by atoms with Crippen molar-refractivity contribution in [3.8, 4) is 0 Å². The fraction of sp³-hybridized carbons (Fsp3) is 0.912. The van der Waals surface area contributed by atoms with Crippen LogP contribution in [0.25, 0.3) is 0 Å². The Kier molecular flexibility index (Phi) is 35.2. The standard InChI is InChI=1S/C68H112N4O50/c1-16-35(87)41(93)45(97)61(107-16)117-54-33(71-20(5)81)59(112-28(13-77)50(54)115-63-47(99)56(39(91)26(11-75)110-63)121-67(65(102)103)7-22(83)31(69-18(3)79)52(119-67)37(89)24(85)9-73)106-15-30-49(43(95)44(96)58(101)109-30)114-60-34(72-21(6)82)55(118-62-46(98)42(94)36(88)17(2)108-62)51(29(14-78)113-60)116-64-48(100)57(40(92)27(12-76)111-64)122-68(66(104)105)8-23(84)32(70-19(4)80)53(120-68)38(90)25(86)10-74/h16-17,22-64,73-78,83-101H,7-15H2,1-6H3,(H,69,79)(H,70,80)(H,71,81)(H,72,82)(H,102,103)(H,104,105)/t16-,17-,22-,23-,24+,25+,26+,27+,28+,29+,30+,31+,32+,33+,34+,35+,36+,37+,38+,39-,40-,41+,42+,43+,44+,45-,46-,47+,48+,49-,50+,51+,52+,53+,54+,55+,56-,57-,58?,59+,60-,61-,62-,63-,64-,67-,68-/m0/s1. The molecule has 54 heteroatoms. The molecule has 9 heterocycles. The van der Waals surface area contributed by atoms with Gasteiger partial charge in [-0.25, -0.2) is 9.59 Å². The number of carboxylic acid groups (broad SMARTS) is 2. The maximum Gasteiger partial charge on any atom is 0.364 e. The van der Waals surface area contributed by atoms with E-state index in [0.29, 0.717) is 0 Å². The number of carboxylic acids is 2. The van der Waals surface area contributed by atoms with Gasteiger partial charge in [0.2, 0.25) is 23.6 Å². The van der Waals surface area contributed by atoms with Crippen molar-refractivity contribution in [1.29, 1.82) is 0 Å². The van der Waals surface area contributed by atoms with Crippen LogP contribution >= 0.6 is 0 Å². The maximum atomic E-state index is 13.6. The fourth-order valence-corrected chi connectivity index (χ4v) is 15.8. The third kappa shape index (κ3) is 21.8. The molecule has 0 aromatic carbocycles. The van der Waals surface area contributed by atoms with Crippen LogP contribution in [0.4, 0.5) is 0 Å². The molecule has 9 rings (SSSR count). The van der Waals surface area contributed by atoms with Gasteiger partial charge in [-0.3, -0.25) is 19.2 Å². The van der Waals surface area contributed by atoms with Gasteiger partial charge in [0.25, 0.3) is 11.6 Å². The van der Waals surface area contributed by atoms with E-state index in [4.69, 9.17) is 80.5 Å². The van der Waals surface area contributed by atoms with Gasteiger partial charge in [-0.05, 0) is 13.8 Å². The number of ether oxygens (including phenoxy) is 17. The minimum absolute atomic E-state index is 0.867. The molecular formula is C68H112N4O50. The summed E-state index contributed by atoms with van der Waals surface area (Å²) in [6.07, 6.45) is -93.2. The van der Waals surface area contributed by atoms with E-state index >= 15 is 0 Å². The van der Waals surface area contributed by atoms with Gasteiger partial charge in [-0.2, -0.15) is 0 Å². The van der Waals surface area contributed by atoms with Crippen LogP contribution in [0, 0.1) is 0 Å². The number of amides is 4. The van der Waals surface area contributed by atoms with Gasteiger partial charge < -0.3 is 240 Å².